The largest absolute Gasteiger partial charge is 0.338 e. The quantitative estimate of drug-likeness (QED) is 0.921. The maximum absolute atomic E-state index is 12.3. The second-order valence-electron chi connectivity index (χ2n) is 7.93. The summed E-state index contributed by atoms with van der Waals surface area (Å²) in [4.78, 5) is 16.3. The molecule has 0 aromatic heterocycles. The van der Waals surface area contributed by atoms with Crippen molar-refractivity contribution < 1.29 is 4.79 Å². The Kier molecular flexibility index (Phi) is 4.55. The molecule has 0 radical (unpaired) electrons. The minimum absolute atomic E-state index is 0.236. The number of likely N-dealkylation sites (tertiary alicyclic amines) is 1. The first-order valence-corrected chi connectivity index (χ1v) is 9.37. The molecule has 26 heavy (non-hydrogen) atoms. The molecule has 2 aliphatic heterocycles. The molecule has 2 aliphatic rings. The van der Waals surface area contributed by atoms with Gasteiger partial charge >= 0.3 is 0 Å². The zero-order chi connectivity index (χ0) is 18.3. The Morgan fingerprint density at radius 2 is 1.77 bits per heavy atom. The Bertz CT molecular complexity index is 787. The van der Waals surface area contributed by atoms with E-state index < -0.39 is 0 Å². The number of carbonyl (C=O) groups excluding carboxylic acids is 1. The monoisotopic (exact) mass is 349 g/mol. The van der Waals surface area contributed by atoms with Crippen LogP contribution < -0.4 is 5.32 Å². The van der Waals surface area contributed by atoms with Crippen LogP contribution in [0.25, 0.3) is 11.1 Å². The Morgan fingerprint density at radius 3 is 2.38 bits per heavy atom. The Hall–Kier alpha value is -2.17. The fraction of sp³-hybridized carbons (Fsp3) is 0.409. The van der Waals surface area contributed by atoms with Crippen molar-refractivity contribution in [3.63, 3.8) is 0 Å². The van der Waals surface area contributed by atoms with Gasteiger partial charge in [0.2, 0.25) is 5.91 Å². The summed E-state index contributed by atoms with van der Waals surface area (Å²) < 4.78 is 0. The van der Waals surface area contributed by atoms with Crippen molar-refractivity contribution in [3.8, 4) is 11.1 Å². The summed E-state index contributed by atoms with van der Waals surface area (Å²) in [5, 5.41) is 3.61. The number of carbonyl (C=O) groups is 1. The molecule has 0 aliphatic carbocycles. The maximum Gasteiger partial charge on any atom is 0.236 e. The van der Waals surface area contributed by atoms with Gasteiger partial charge in [0.15, 0.2) is 0 Å². The lowest BCUT2D eigenvalue weighted by Crippen LogP contribution is -2.72. The molecule has 1 N–H and O–H groups in total. The standard InChI is InChI=1S/C22H27N3O/c1-15-5-4-6-18(11-15)16-7-9-17(10-8-16)22-19-12-25(13-20(22)23-19)21(26)14-24(2)3/h4-11,19-20,22-23H,12-14H2,1-3H3/t19-,20+,22?. The fourth-order valence-corrected chi connectivity index (χ4v) is 4.29. The summed E-state index contributed by atoms with van der Waals surface area (Å²) >= 11 is 0. The molecule has 2 fully saturated rings. The third kappa shape index (κ3) is 3.27. The van der Waals surface area contributed by atoms with E-state index in [0.717, 1.165) is 13.1 Å². The minimum atomic E-state index is 0.236. The minimum Gasteiger partial charge on any atom is -0.338 e. The molecule has 136 valence electrons. The van der Waals surface area contributed by atoms with E-state index in [1.165, 1.54) is 22.3 Å². The third-order valence-electron chi connectivity index (χ3n) is 5.58. The summed E-state index contributed by atoms with van der Waals surface area (Å²) in [7, 11) is 3.89. The lowest BCUT2D eigenvalue weighted by molar-refractivity contribution is -0.136. The molecule has 2 aromatic carbocycles. The van der Waals surface area contributed by atoms with Crippen LogP contribution in [-0.4, -0.2) is 61.5 Å². The number of hydrogen-bond acceptors (Lipinski definition) is 3. The first-order valence-electron chi connectivity index (χ1n) is 9.37. The highest BCUT2D eigenvalue weighted by molar-refractivity contribution is 5.78. The molecule has 2 saturated heterocycles. The van der Waals surface area contributed by atoms with Crippen LogP contribution in [0.4, 0.5) is 0 Å². The number of benzene rings is 2. The topological polar surface area (TPSA) is 35.6 Å². The molecule has 1 amide bonds. The number of nitrogens with zero attached hydrogens (tertiary/aromatic N) is 2. The van der Waals surface area contributed by atoms with Gasteiger partial charge in [-0.15, -0.1) is 0 Å². The lowest BCUT2D eigenvalue weighted by atomic mass is 9.74. The van der Waals surface area contributed by atoms with E-state index in [4.69, 9.17) is 0 Å². The number of piperidine rings is 1. The van der Waals surface area contributed by atoms with Gasteiger partial charge in [-0.3, -0.25) is 4.79 Å². The first kappa shape index (κ1) is 17.3. The molecular formula is C22H27N3O. The molecule has 3 atom stereocenters. The van der Waals surface area contributed by atoms with E-state index in [-0.39, 0.29) is 5.91 Å². The molecular weight excluding hydrogens is 322 g/mol. The van der Waals surface area contributed by atoms with Crippen LogP contribution >= 0.6 is 0 Å². The maximum atomic E-state index is 12.3. The molecule has 4 rings (SSSR count). The number of piperazine rings is 1. The van der Waals surface area contributed by atoms with Gasteiger partial charge in [0.1, 0.15) is 0 Å². The van der Waals surface area contributed by atoms with E-state index in [1.54, 1.807) is 0 Å². The highest BCUT2D eigenvalue weighted by Gasteiger charge is 2.47. The number of amides is 1. The van der Waals surface area contributed by atoms with E-state index in [1.807, 2.05) is 23.9 Å². The third-order valence-corrected chi connectivity index (χ3v) is 5.58. The Labute approximate surface area is 155 Å². The van der Waals surface area contributed by atoms with Crippen molar-refractivity contribution >= 4 is 5.91 Å². The summed E-state index contributed by atoms with van der Waals surface area (Å²) in [6.07, 6.45) is 0. The van der Waals surface area contributed by atoms with E-state index in [9.17, 15) is 4.79 Å². The van der Waals surface area contributed by atoms with Crippen LogP contribution in [0, 0.1) is 6.92 Å². The van der Waals surface area contributed by atoms with Crippen molar-refractivity contribution in [1.29, 1.82) is 0 Å². The van der Waals surface area contributed by atoms with Gasteiger partial charge in [0, 0.05) is 31.1 Å². The molecule has 2 aromatic rings. The predicted octanol–water partition coefficient (Wildman–Crippen LogP) is 2.49. The average Bonchev–Trinajstić information content (AvgIpc) is 2.62. The van der Waals surface area contributed by atoms with Crippen LogP contribution in [0.1, 0.15) is 17.0 Å². The molecule has 2 heterocycles. The van der Waals surface area contributed by atoms with Gasteiger partial charge in [-0.05, 0) is 37.7 Å². The summed E-state index contributed by atoms with van der Waals surface area (Å²) in [6.45, 7) is 4.25. The number of fused-ring (bicyclic) bond motifs is 2. The highest BCUT2D eigenvalue weighted by atomic mass is 16.2. The van der Waals surface area contributed by atoms with Gasteiger partial charge in [0.05, 0.1) is 6.54 Å². The van der Waals surface area contributed by atoms with Crippen molar-refractivity contribution in [2.75, 3.05) is 33.7 Å². The highest BCUT2D eigenvalue weighted by Crippen LogP contribution is 2.37. The molecule has 1 unspecified atom stereocenters. The van der Waals surface area contributed by atoms with Crippen LogP contribution in [0.3, 0.4) is 0 Å². The molecule has 0 spiro atoms. The van der Waals surface area contributed by atoms with Gasteiger partial charge in [-0.2, -0.15) is 0 Å². The fourth-order valence-electron chi connectivity index (χ4n) is 4.29. The van der Waals surface area contributed by atoms with E-state index in [0.29, 0.717) is 24.5 Å². The van der Waals surface area contributed by atoms with Crippen molar-refractivity contribution in [1.82, 2.24) is 15.1 Å². The molecule has 0 saturated carbocycles. The summed E-state index contributed by atoms with van der Waals surface area (Å²) in [5.41, 5.74) is 5.20. The predicted molar refractivity (Wildman–Crippen MR) is 105 cm³/mol. The number of rotatable bonds is 4. The van der Waals surface area contributed by atoms with Crippen molar-refractivity contribution in [2.45, 2.75) is 24.9 Å². The summed E-state index contributed by atoms with van der Waals surface area (Å²) in [5.74, 6) is 0.754. The van der Waals surface area contributed by atoms with E-state index in [2.05, 4.69) is 60.8 Å². The van der Waals surface area contributed by atoms with Crippen LogP contribution in [0.5, 0.6) is 0 Å². The molecule has 4 nitrogen and oxygen atoms in total. The van der Waals surface area contributed by atoms with Crippen molar-refractivity contribution in [3.05, 3.63) is 59.7 Å². The Balaban J connectivity index is 1.44. The van der Waals surface area contributed by atoms with Gasteiger partial charge in [-0.25, -0.2) is 0 Å². The van der Waals surface area contributed by atoms with Gasteiger partial charge in [-0.1, -0.05) is 54.1 Å². The SMILES string of the molecule is Cc1cccc(-c2ccc(C3[C@@H]4CN(C(=O)CN(C)C)C[C@H]3N4)cc2)c1. The van der Waals surface area contributed by atoms with Crippen molar-refractivity contribution in [2.24, 2.45) is 0 Å². The first-order chi connectivity index (χ1) is 12.5. The average molecular weight is 349 g/mol. The lowest BCUT2D eigenvalue weighted by Gasteiger charge is -2.55. The molecule has 2 bridgehead atoms. The zero-order valence-corrected chi connectivity index (χ0v) is 15.8. The van der Waals surface area contributed by atoms with E-state index >= 15 is 0 Å². The number of aryl methyl sites for hydroxylation is 1. The zero-order valence-electron chi connectivity index (χ0n) is 15.8. The second kappa shape index (κ2) is 6.86. The normalized spacial score (nSPS) is 24.5. The Morgan fingerprint density at radius 1 is 1.08 bits per heavy atom. The van der Waals surface area contributed by atoms with Crippen LogP contribution in [-0.2, 0) is 4.79 Å². The van der Waals surface area contributed by atoms with Gasteiger partial charge < -0.3 is 15.1 Å². The smallest absolute Gasteiger partial charge is 0.236 e. The molecule has 4 heteroatoms. The number of hydrogen-bond donors (Lipinski definition) is 1. The van der Waals surface area contributed by atoms with Gasteiger partial charge in [0.25, 0.3) is 0 Å². The second-order valence-corrected chi connectivity index (χ2v) is 7.93. The van der Waals surface area contributed by atoms with Crippen LogP contribution in [0.2, 0.25) is 0 Å². The van der Waals surface area contributed by atoms with Crippen LogP contribution in [0.15, 0.2) is 48.5 Å². The number of likely N-dealkylation sites (N-methyl/N-ethyl adjacent to an activating group) is 1. The summed E-state index contributed by atoms with van der Waals surface area (Å²) in [6, 6.07) is 18.4. The number of nitrogens with one attached hydrogen (secondary N) is 1.